The first-order chi connectivity index (χ1) is 16.9. The Morgan fingerprint density at radius 1 is 1.23 bits per heavy atom. The summed E-state index contributed by atoms with van der Waals surface area (Å²) in [6.07, 6.45) is 6.20. The second-order valence-corrected chi connectivity index (χ2v) is 9.51. The van der Waals surface area contributed by atoms with E-state index >= 15 is 0 Å². The van der Waals surface area contributed by atoms with Gasteiger partial charge in [0.2, 0.25) is 5.95 Å². The van der Waals surface area contributed by atoms with Crippen molar-refractivity contribution in [1.29, 1.82) is 0 Å². The second kappa shape index (κ2) is 10.8. The fraction of sp³-hybridized carbons (Fsp3) is 0.423. The fourth-order valence-corrected chi connectivity index (χ4v) is 4.72. The van der Waals surface area contributed by atoms with Gasteiger partial charge in [-0.2, -0.15) is 0 Å². The maximum atomic E-state index is 9.93. The van der Waals surface area contributed by atoms with Gasteiger partial charge in [-0.3, -0.25) is 4.98 Å². The number of aliphatic hydroxyl groups is 1. The van der Waals surface area contributed by atoms with E-state index in [2.05, 4.69) is 33.2 Å². The molecule has 4 rings (SSSR count). The van der Waals surface area contributed by atoms with Crippen LogP contribution in [0.1, 0.15) is 31.0 Å². The molecular formula is C26H32ClN5O3. The van der Waals surface area contributed by atoms with Crippen LogP contribution in [-0.4, -0.2) is 61.1 Å². The Morgan fingerprint density at radius 2 is 2.06 bits per heavy atom. The standard InChI is InChI=1S/C26H32ClN5O3/c1-26(16-33)8-6-21-18(26)12-17(15-29-21)20-7-9-28-25(30-20)31-22-13-19(27)23(14-24(22)35-4)32(2)10-5-11-34-3/h7,9,12-15,33H,5-6,8,10-11,16H2,1-4H3,(H,28,30,31). The summed E-state index contributed by atoms with van der Waals surface area (Å²) in [5.74, 6) is 1.05. The summed E-state index contributed by atoms with van der Waals surface area (Å²) in [6, 6.07) is 7.66. The van der Waals surface area contributed by atoms with Crippen LogP contribution in [0.2, 0.25) is 5.02 Å². The highest BCUT2D eigenvalue weighted by atomic mass is 35.5. The quantitative estimate of drug-likeness (QED) is 0.392. The molecule has 0 radical (unpaired) electrons. The number of hydrogen-bond donors (Lipinski definition) is 2. The van der Waals surface area contributed by atoms with Gasteiger partial charge >= 0.3 is 0 Å². The van der Waals surface area contributed by atoms with Crippen molar-refractivity contribution in [1.82, 2.24) is 15.0 Å². The molecule has 186 valence electrons. The highest BCUT2D eigenvalue weighted by Crippen LogP contribution is 2.40. The van der Waals surface area contributed by atoms with Crippen LogP contribution >= 0.6 is 11.6 Å². The molecule has 0 aliphatic heterocycles. The van der Waals surface area contributed by atoms with Crippen molar-refractivity contribution < 1.29 is 14.6 Å². The Morgan fingerprint density at radius 3 is 2.80 bits per heavy atom. The molecule has 1 aliphatic carbocycles. The number of rotatable bonds is 10. The van der Waals surface area contributed by atoms with Crippen LogP contribution in [0.4, 0.5) is 17.3 Å². The molecule has 1 aliphatic rings. The summed E-state index contributed by atoms with van der Waals surface area (Å²) in [5, 5.41) is 13.8. The van der Waals surface area contributed by atoms with E-state index in [-0.39, 0.29) is 12.0 Å². The van der Waals surface area contributed by atoms with Gasteiger partial charge in [-0.1, -0.05) is 18.5 Å². The summed E-state index contributed by atoms with van der Waals surface area (Å²) >= 11 is 6.62. The first-order valence-electron chi connectivity index (χ1n) is 11.7. The smallest absolute Gasteiger partial charge is 0.227 e. The van der Waals surface area contributed by atoms with Crippen molar-refractivity contribution in [3.05, 3.63) is 52.9 Å². The third-order valence-electron chi connectivity index (χ3n) is 6.60. The van der Waals surface area contributed by atoms with Crippen LogP contribution in [0.25, 0.3) is 11.3 Å². The molecule has 2 heterocycles. The van der Waals surface area contributed by atoms with E-state index in [1.807, 2.05) is 31.4 Å². The van der Waals surface area contributed by atoms with Crippen LogP contribution in [0.3, 0.4) is 0 Å². The zero-order chi connectivity index (χ0) is 25.0. The van der Waals surface area contributed by atoms with E-state index < -0.39 is 0 Å². The fourth-order valence-electron chi connectivity index (χ4n) is 4.42. The second-order valence-electron chi connectivity index (χ2n) is 9.10. The highest BCUT2D eigenvalue weighted by molar-refractivity contribution is 6.33. The third-order valence-corrected chi connectivity index (χ3v) is 6.91. The van der Waals surface area contributed by atoms with Gasteiger partial charge < -0.3 is 24.8 Å². The molecule has 0 spiro atoms. The summed E-state index contributed by atoms with van der Waals surface area (Å²) in [6.45, 7) is 3.66. The molecule has 2 N–H and O–H groups in total. The Labute approximate surface area is 211 Å². The van der Waals surface area contributed by atoms with Crippen LogP contribution < -0.4 is 15.0 Å². The molecule has 1 aromatic carbocycles. The first-order valence-corrected chi connectivity index (χ1v) is 12.0. The van der Waals surface area contributed by atoms with Crippen LogP contribution in [-0.2, 0) is 16.6 Å². The lowest BCUT2D eigenvalue weighted by Gasteiger charge is -2.22. The SMILES string of the molecule is COCCCN(C)c1cc(OC)c(Nc2nccc(-c3cnc4c(c3)C(C)(CO)CC4)n2)cc1Cl. The highest BCUT2D eigenvalue weighted by Gasteiger charge is 2.35. The number of aliphatic hydroxyl groups excluding tert-OH is 1. The van der Waals surface area contributed by atoms with Gasteiger partial charge in [0, 0.05) is 62.4 Å². The molecule has 0 saturated heterocycles. The number of aromatic nitrogens is 3. The van der Waals surface area contributed by atoms with Crippen LogP contribution in [0, 0.1) is 0 Å². The number of halogens is 1. The predicted octanol–water partition coefficient (Wildman–Crippen LogP) is 4.61. The predicted molar refractivity (Wildman–Crippen MR) is 139 cm³/mol. The topological polar surface area (TPSA) is 92.6 Å². The Balaban J connectivity index is 1.59. The number of fused-ring (bicyclic) bond motifs is 1. The number of ether oxygens (including phenoxy) is 2. The molecule has 3 aromatic rings. The Bertz CT molecular complexity index is 1190. The zero-order valence-corrected chi connectivity index (χ0v) is 21.4. The molecule has 0 fully saturated rings. The van der Waals surface area contributed by atoms with E-state index in [0.717, 1.165) is 54.0 Å². The number of aryl methyl sites for hydroxylation is 1. The minimum absolute atomic E-state index is 0.0971. The van der Waals surface area contributed by atoms with E-state index in [9.17, 15) is 5.11 Å². The monoisotopic (exact) mass is 497 g/mol. The molecule has 2 aromatic heterocycles. The molecule has 35 heavy (non-hydrogen) atoms. The lowest BCUT2D eigenvalue weighted by molar-refractivity contribution is 0.196. The molecular weight excluding hydrogens is 466 g/mol. The molecule has 8 nitrogen and oxygen atoms in total. The van der Waals surface area contributed by atoms with Crippen LogP contribution in [0.15, 0.2) is 36.7 Å². The van der Waals surface area contributed by atoms with Crippen molar-refractivity contribution in [3.63, 3.8) is 0 Å². The van der Waals surface area contributed by atoms with Gasteiger partial charge in [-0.25, -0.2) is 9.97 Å². The molecule has 1 atom stereocenters. The van der Waals surface area contributed by atoms with Crippen molar-refractivity contribution in [3.8, 4) is 17.0 Å². The number of pyridine rings is 1. The van der Waals surface area contributed by atoms with Crippen molar-refractivity contribution in [2.75, 3.05) is 51.2 Å². The van der Waals surface area contributed by atoms with Crippen molar-refractivity contribution >= 4 is 28.9 Å². The average molecular weight is 498 g/mol. The maximum Gasteiger partial charge on any atom is 0.227 e. The lowest BCUT2D eigenvalue weighted by atomic mass is 9.85. The van der Waals surface area contributed by atoms with Gasteiger partial charge in [-0.15, -0.1) is 0 Å². The molecule has 0 amide bonds. The number of benzene rings is 1. The zero-order valence-electron chi connectivity index (χ0n) is 20.6. The molecule has 0 bridgehead atoms. The molecule has 9 heteroatoms. The Hall–Kier alpha value is -2.94. The first kappa shape index (κ1) is 25.2. The summed E-state index contributed by atoms with van der Waals surface area (Å²) in [7, 11) is 5.30. The number of methoxy groups -OCH3 is 2. The summed E-state index contributed by atoms with van der Waals surface area (Å²) in [4.78, 5) is 15.8. The van der Waals surface area contributed by atoms with Gasteiger partial charge in [0.25, 0.3) is 0 Å². The Kier molecular flexibility index (Phi) is 7.74. The van der Waals surface area contributed by atoms with Crippen LogP contribution in [0.5, 0.6) is 5.75 Å². The largest absolute Gasteiger partial charge is 0.494 e. The van der Waals surface area contributed by atoms with E-state index in [1.54, 1.807) is 20.4 Å². The van der Waals surface area contributed by atoms with E-state index in [1.165, 1.54) is 0 Å². The van der Waals surface area contributed by atoms with E-state index in [4.69, 9.17) is 26.1 Å². The summed E-state index contributed by atoms with van der Waals surface area (Å²) in [5.41, 5.74) is 5.03. The normalized spacial score (nSPS) is 16.7. The van der Waals surface area contributed by atoms with Gasteiger partial charge in [-0.05, 0) is 43.0 Å². The van der Waals surface area contributed by atoms with Crippen molar-refractivity contribution in [2.45, 2.75) is 31.6 Å². The van der Waals surface area contributed by atoms with E-state index in [0.29, 0.717) is 29.0 Å². The maximum absolute atomic E-state index is 9.93. The minimum atomic E-state index is -0.269. The molecule has 0 saturated carbocycles. The van der Waals surface area contributed by atoms with Gasteiger partial charge in [0.15, 0.2) is 0 Å². The number of nitrogens with zero attached hydrogens (tertiary/aromatic N) is 4. The van der Waals surface area contributed by atoms with Crippen molar-refractivity contribution in [2.24, 2.45) is 0 Å². The molecule has 1 unspecified atom stereocenters. The van der Waals surface area contributed by atoms with Gasteiger partial charge in [0.05, 0.1) is 35.8 Å². The van der Waals surface area contributed by atoms with Gasteiger partial charge in [0.1, 0.15) is 5.75 Å². The minimum Gasteiger partial charge on any atom is -0.494 e. The average Bonchev–Trinajstić information content (AvgIpc) is 3.21. The lowest BCUT2D eigenvalue weighted by Crippen LogP contribution is -2.23. The number of hydrogen-bond acceptors (Lipinski definition) is 8. The number of anilines is 3. The summed E-state index contributed by atoms with van der Waals surface area (Å²) < 4.78 is 10.8. The number of nitrogens with one attached hydrogen (secondary N) is 1. The third kappa shape index (κ3) is 5.34.